The summed E-state index contributed by atoms with van der Waals surface area (Å²) >= 11 is 0. The molecular formula is C48H46F10N8O7. The van der Waals surface area contributed by atoms with Crippen LogP contribution < -0.4 is 27.0 Å². The summed E-state index contributed by atoms with van der Waals surface area (Å²) in [5, 5.41) is 30.3. The molecular weight excluding hydrogens is 991 g/mol. The third-order valence-corrected chi connectivity index (χ3v) is 10.6. The molecule has 73 heavy (non-hydrogen) atoms. The number of carbonyl (C=O) groups is 4. The Bertz CT molecular complexity index is 2840. The normalized spacial score (nSPS) is 16.5. The van der Waals surface area contributed by atoms with Crippen molar-refractivity contribution in [2.75, 3.05) is 23.7 Å². The van der Waals surface area contributed by atoms with Crippen LogP contribution in [-0.4, -0.2) is 82.1 Å². The first-order valence-electron chi connectivity index (χ1n) is 21.7. The van der Waals surface area contributed by atoms with E-state index in [0.29, 0.717) is 0 Å². The van der Waals surface area contributed by atoms with E-state index in [0.717, 1.165) is 48.9 Å². The molecule has 3 heterocycles. The van der Waals surface area contributed by atoms with Gasteiger partial charge in [-0.2, -0.15) is 26.3 Å². The summed E-state index contributed by atoms with van der Waals surface area (Å²) in [5.41, 5.74) is 6.28. The Hall–Kier alpha value is -7.80. The van der Waals surface area contributed by atoms with Crippen LogP contribution in [0.5, 0.6) is 0 Å². The topological polar surface area (TPSA) is 223 Å². The van der Waals surface area contributed by atoms with Crippen molar-refractivity contribution in [2.24, 2.45) is 17.6 Å². The molecule has 0 bridgehead atoms. The lowest BCUT2D eigenvalue weighted by atomic mass is 10.1. The predicted octanol–water partition coefficient (Wildman–Crippen LogP) is 8.39. The van der Waals surface area contributed by atoms with Gasteiger partial charge in [-0.05, 0) is 85.6 Å². The van der Waals surface area contributed by atoms with Crippen molar-refractivity contribution < 1.29 is 77.7 Å². The summed E-state index contributed by atoms with van der Waals surface area (Å²) in [6.45, 7) is 1.13. The average Bonchev–Trinajstić information content (AvgIpc) is 4.07. The van der Waals surface area contributed by atoms with Crippen molar-refractivity contribution in [3.05, 3.63) is 137 Å². The molecule has 25 heteroatoms. The lowest BCUT2D eigenvalue weighted by Gasteiger charge is -2.17. The summed E-state index contributed by atoms with van der Waals surface area (Å²) in [7, 11) is 0. The minimum absolute atomic E-state index is 0.00142. The standard InChI is InChI=1S/C24H21F5N4O3.C19H18F5N3O.C5H7NO3/c1-13(24(27,28)29)36-12-14-6-15(8-17(25)7-14)20-10-21(31-23(35)16-9-22(34)30-11-16)32-33(20)19-5-3-2-4-18(19)26;1-11(19(22,23)24)28-10-12-6-13(8-14(20)7-12)17(9-18(25)26)27-16-5-3-2-4-15(16)21;7-4-1-3(2-6-4)5(8)9/h2-8,10,13,16H,9,11-12H2,1H3,(H,30,34)(H,31,32,35);2-9,11,27H,10H2,1H3,(H3,25,26);3H,1-2H2,(H,6,7)(H,8,9)/b;17-9-;/t13-,16+;11-;3-/m110/s1. The molecule has 3 amide bonds. The Morgan fingerprint density at radius 3 is 1.82 bits per heavy atom. The highest BCUT2D eigenvalue weighted by Crippen LogP contribution is 2.31. The second-order valence-electron chi connectivity index (χ2n) is 16.3. The van der Waals surface area contributed by atoms with Gasteiger partial charge in [0.2, 0.25) is 17.7 Å². The molecule has 0 radical (unpaired) electrons. The number of carboxylic acids is 1. The quantitative estimate of drug-likeness (QED) is 0.0301. The fraction of sp³-hybridized carbons (Fsp3) is 0.292. The minimum atomic E-state index is -4.58. The number of nitrogens with two attached hydrogens (primary N) is 1. The molecule has 15 nitrogen and oxygen atoms in total. The third-order valence-electron chi connectivity index (χ3n) is 10.6. The number of amidine groups is 1. The molecule has 0 unspecified atom stereocenters. The molecule has 2 aliphatic heterocycles. The highest BCUT2D eigenvalue weighted by molar-refractivity contribution is 5.98. The van der Waals surface area contributed by atoms with Crippen molar-refractivity contribution in [3.63, 3.8) is 0 Å². The van der Waals surface area contributed by atoms with Gasteiger partial charge in [-0.3, -0.25) is 24.6 Å². The van der Waals surface area contributed by atoms with Gasteiger partial charge in [0.15, 0.2) is 18.0 Å². The molecule has 0 aliphatic carbocycles. The number of rotatable bonds is 15. The van der Waals surface area contributed by atoms with Gasteiger partial charge in [0.05, 0.1) is 36.4 Å². The van der Waals surface area contributed by atoms with Crippen LogP contribution in [0.3, 0.4) is 0 Å². The number of carboxylic acid groups (broad SMARTS) is 1. The lowest BCUT2D eigenvalue weighted by Crippen LogP contribution is -2.28. The van der Waals surface area contributed by atoms with Crippen LogP contribution >= 0.6 is 0 Å². The molecule has 1 aromatic heterocycles. The molecule has 390 valence electrons. The smallest absolute Gasteiger partial charge is 0.414 e. The zero-order chi connectivity index (χ0) is 53.8. The Morgan fingerprint density at radius 1 is 0.781 bits per heavy atom. The molecule has 8 N–H and O–H groups in total. The van der Waals surface area contributed by atoms with Gasteiger partial charge in [0.25, 0.3) is 0 Å². The fourth-order valence-corrected chi connectivity index (χ4v) is 6.71. The first-order valence-corrected chi connectivity index (χ1v) is 21.7. The minimum Gasteiger partial charge on any atom is -0.481 e. The average molecular weight is 1040 g/mol. The number of ether oxygens (including phenoxy) is 2. The molecule has 4 atom stereocenters. The Labute approximate surface area is 409 Å². The Kier molecular flexibility index (Phi) is 18.9. The van der Waals surface area contributed by atoms with E-state index in [9.17, 15) is 63.1 Å². The van der Waals surface area contributed by atoms with Crippen molar-refractivity contribution in [1.82, 2.24) is 20.4 Å². The molecule has 2 fully saturated rings. The maximum Gasteiger partial charge on any atom is 0.414 e. The predicted molar refractivity (Wildman–Crippen MR) is 244 cm³/mol. The van der Waals surface area contributed by atoms with E-state index in [1.165, 1.54) is 54.6 Å². The number of aromatic nitrogens is 2. The van der Waals surface area contributed by atoms with Crippen LogP contribution in [0.1, 0.15) is 43.4 Å². The van der Waals surface area contributed by atoms with Crippen molar-refractivity contribution in [2.45, 2.75) is 64.5 Å². The summed E-state index contributed by atoms with van der Waals surface area (Å²) < 4.78 is 144. The number of alkyl halides is 6. The molecule has 0 spiro atoms. The highest BCUT2D eigenvalue weighted by Gasteiger charge is 2.38. The van der Waals surface area contributed by atoms with Crippen LogP contribution in [0, 0.1) is 40.5 Å². The van der Waals surface area contributed by atoms with E-state index in [1.807, 2.05) is 0 Å². The van der Waals surface area contributed by atoms with E-state index >= 15 is 0 Å². The van der Waals surface area contributed by atoms with Gasteiger partial charge in [0.1, 0.15) is 34.8 Å². The molecule has 4 aromatic carbocycles. The number of hydrogen-bond donors (Lipinski definition) is 7. The zero-order valence-corrected chi connectivity index (χ0v) is 38.4. The monoisotopic (exact) mass is 1040 g/mol. The van der Waals surface area contributed by atoms with Crippen LogP contribution in [0.2, 0.25) is 0 Å². The van der Waals surface area contributed by atoms with Gasteiger partial charge in [-0.15, -0.1) is 5.10 Å². The van der Waals surface area contributed by atoms with E-state index < -0.39 is 84.8 Å². The number of anilines is 2. The Morgan fingerprint density at radius 2 is 1.32 bits per heavy atom. The maximum absolute atomic E-state index is 14.6. The molecule has 2 saturated heterocycles. The first-order chi connectivity index (χ1) is 34.3. The summed E-state index contributed by atoms with van der Waals surface area (Å²) in [6, 6.07) is 19.7. The second-order valence-corrected chi connectivity index (χ2v) is 16.3. The fourth-order valence-electron chi connectivity index (χ4n) is 6.71. The molecule has 7 rings (SSSR count). The largest absolute Gasteiger partial charge is 0.481 e. The van der Waals surface area contributed by atoms with E-state index in [1.54, 1.807) is 12.1 Å². The summed E-state index contributed by atoms with van der Waals surface area (Å²) in [4.78, 5) is 44.5. The zero-order valence-electron chi connectivity index (χ0n) is 38.4. The molecule has 5 aromatic rings. The number of halogens is 10. The Balaban J connectivity index is 0.000000236. The number of para-hydroxylation sites is 2. The summed E-state index contributed by atoms with van der Waals surface area (Å²) in [6.07, 6.45) is -11.9. The number of nitrogens with zero attached hydrogens (tertiary/aromatic N) is 2. The van der Waals surface area contributed by atoms with Gasteiger partial charge in [0, 0.05) is 54.9 Å². The van der Waals surface area contributed by atoms with E-state index in [4.69, 9.17) is 25.7 Å². The number of amides is 3. The maximum atomic E-state index is 14.6. The third kappa shape index (κ3) is 16.6. The van der Waals surface area contributed by atoms with E-state index in [-0.39, 0.29) is 94.4 Å². The first kappa shape index (κ1) is 56.1. The summed E-state index contributed by atoms with van der Waals surface area (Å²) in [5.74, 6) is -6.01. The number of carbonyl (C=O) groups excluding carboxylic acids is 3. The van der Waals surface area contributed by atoms with Crippen LogP contribution in [0.25, 0.3) is 22.6 Å². The number of hydrogen-bond acceptors (Lipinski definition) is 9. The van der Waals surface area contributed by atoms with Crippen molar-refractivity contribution >= 4 is 46.7 Å². The second kappa shape index (κ2) is 24.6. The van der Waals surface area contributed by atoms with Gasteiger partial charge in [-0.1, -0.05) is 24.3 Å². The SMILES string of the molecule is C[C@@H](OCc1cc(F)cc(-c2cc(NC(=O)[C@@H]3CNC(=O)C3)nn2-c2ccccc2F)c1)C(F)(F)F.C[C@@H](OCc1cc(F)cc(/C(=C/C(=N)N)Nc2ccccc2F)c1)C(F)(F)F.O=C1C[C@H](C(=O)O)CN1. The number of aliphatic carboxylic acids is 1. The molecule has 0 saturated carbocycles. The van der Waals surface area contributed by atoms with Crippen molar-refractivity contribution in [3.8, 4) is 16.9 Å². The van der Waals surface area contributed by atoms with Gasteiger partial charge in [-0.25, -0.2) is 22.2 Å². The molecule has 2 aliphatic rings. The number of nitrogens with one attached hydrogen (secondary N) is 5. The van der Waals surface area contributed by atoms with E-state index in [2.05, 4.69) is 26.4 Å². The van der Waals surface area contributed by atoms with Gasteiger partial charge >= 0.3 is 18.3 Å². The highest BCUT2D eigenvalue weighted by atomic mass is 19.4. The van der Waals surface area contributed by atoms with Gasteiger partial charge < -0.3 is 41.6 Å². The lowest BCUT2D eigenvalue weighted by molar-refractivity contribution is -0.217. The van der Waals surface area contributed by atoms with Crippen LogP contribution in [-0.2, 0) is 41.9 Å². The number of benzene rings is 4. The van der Waals surface area contributed by atoms with Crippen LogP contribution in [0.4, 0.5) is 55.4 Å². The van der Waals surface area contributed by atoms with Crippen molar-refractivity contribution in [1.29, 1.82) is 5.41 Å². The van der Waals surface area contributed by atoms with Crippen LogP contribution in [0.15, 0.2) is 97.1 Å².